The summed E-state index contributed by atoms with van der Waals surface area (Å²) in [5.41, 5.74) is 2.81. The minimum absolute atomic E-state index is 0.156. The van der Waals surface area contributed by atoms with Crippen molar-refractivity contribution in [2.24, 2.45) is 0 Å². The number of carbonyl (C=O) groups excluding carboxylic acids is 1. The van der Waals surface area contributed by atoms with Gasteiger partial charge in [-0.05, 0) is 55.0 Å². The molecule has 0 spiro atoms. The van der Waals surface area contributed by atoms with Crippen LogP contribution in [0.4, 0.5) is 0 Å². The molecule has 1 N–H and O–H groups in total. The van der Waals surface area contributed by atoms with Gasteiger partial charge in [0.05, 0.1) is 19.3 Å². The second-order valence-electron chi connectivity index (χ2n) is 6.63. The topological polar surface area (TPSA) is 73.2 Å². The molecule has 29 heavy (non-hydrogen) atoms. The minimum atomic E-state index is -0.185. The summed E-state index contributed by atoms with van der Waals surface area (Å²) in [6.45, 7) is 2.46. The number of methoxy groups -OCH3 is 1. The Labute approximate surface area is 177 Å². The lowest BCUT2D eigenvalue weighted by Crippen LogP contribution is -2.33. The normalized spacial score (nSPS) is 10.6. The summed E-state index contributed by atoms with van der Waals surface area (Å²) in [6.07, 6.45) is 0.491. The van der Waals surface area contributed by atoms with E-state index in [0.29, 0.717) is 30.6 Å². The highest BCUT2D eigenvalue weighted by molar-refractivity contribution is 9.10. The first-order valence-electron chi connectivity index (χ1n) is 9.20. The molecule has 0 bridgehead atoms. The molecule has 0 aliphatic heterocycles. The van der Waals surface area contributed by atoms with Crippen LogP contribution in [0.1, 0.15) is 27.2 Å². The van der Waals surface area contributed by atoms with Crippen molar-refractivity contribution in [3.8, 4) is 5.75 Å². The lowest BCUT2D eigenvalue weighted by Gasteiger charge is -2.11. The maximum absolute atomic E-state index is 12.8. The second-order valence-corrected chi connectivity index (χ2v) is 7.55. The van der Waals surface area contributed by atoms with E-state index in [0.717, 1.165) is 21.5 Å². The predicted molar refractivity (Wildman–Crippen MR) is 116 cm³/mol. The number of carbonyl (C=O) groups is 1. The number of nitrogens with one attached hydrogen (secondary N) is 1. The summed E-state index contributed by atoms with van der Waals surface area (Å²) in [7, 11) is 1.62. The van der Waals surface area contributed by atoms with Crippen LogP contribution < -0.4 is 15.6 Å². The van der Waals surface area contributed by atoms with Crippen LogP contribution in [0, 0.1) is 6.92 Å². The van der Waals surface area contributed by atoms with E-state index in [4.69, 9.17) is 4.74 Å². The van der Waals surface area contributed by atoms with Gasteiger partial charge in [-0.1, -0.05) is 28.1 Å². The summed E-state index contributed by atoms with van der Waals surface area (Å²) in [5, 5.41) is 7.14. The molecule has 3 aromatic rings. The van der Waals surface area contributed by atoms with Crippen molar-refractivity contribution in [2.75, 3.05) is 13.7 Å². The number of nitrogens with zero attached hydrogens (tertiary/aromatic N) is 2. The van der Waals surface area contributed by atoms with Gasteiger partial charge in [0.15, 0.2) is 0 Å². The molecule has 0 fully saturated rings. The van der Waals surface area contributed by atoms with Gasteiger partial charge in [-0.25, -0.2) is 4.68 Å². The van der Waals surface area contributed by atoms with Crippen LogP contribution in [0.15, 0.2) is 63.9 Å². The molecule has 1 amide bonds. The van der Waals surface area contributed by atoms with Crippen molar-refractivity contribution in [1.29, 1.82) is 0 Å². The minimum Gasteiger partial charge on any atom is -0.497 e. The standard InChI is InChI=1S/C22H22BrN3O3/c1-15-12-18(13-16-4-3-5-20(14-16)29-2)22(28)26(25-15)11-10-24-21(27)17-6-8-19(23)9-7-17/h3-9,12,14H,10-11,13H2,1-2H3,(H,24,27). The predicted octanol–water partition coefficient (Wildman–Crippen LogP) is 3.34. The van der Waals surface area contributed by atoms with Crippen LogP contribution >= 0.6 is 15.9 Å². The fraction of sp³-hybridized carbons (Fsp3) is 0.227. The van der Waals surface area contributed by atoms with Crippen molar-refractivity contribution >= 4 is 21.8 Å². The summed E-state index contributed by atoms with van der Waals surface area (Å²) in [4.78, 5) is 25.0. The molecule has 3 rings (SSSR count). The van der Waals surface area contributed by atoms with Crippen molar-refractivity contribution in [2.45, 2.75) is 19.9 Å². The quantitative estimate of drug-likeness (QED) is 0.592. The fourth-order valence-electron chi connectivity index (χ4n) is 3.00. The van der Waals surface area contributed by atoms with E-state index in [-0.39, 0.29) is 11.5 Å². The highest BCUT2D eigenvalue weighted by Gasteiger charge is 2.10. The molecule has 0 unspecified atom stereocenters. The largest absolute Gasteiger partial charge is 0.497 e. The maximum atomic E-state index is 12.8. The summed E-state index contributed by atoms with van der Waals surface area (Å²) < 4.78 is 7.57. The Kier molecular flexibility index (Phi) is 6.82. The van der Waals surface area contributed by atoms with Gasteiger partial charge < -0.3 is 10.1 Å². The fourth-order valence-corrected chi connectivity index (χ4v) is 3.27. The van der Waals surface area contributed by atoms with Gasteiger partial charge in [-0.15, -0.1) is 0 Å². The second kappa shape index (κ2) is 9.52. The van der Waals surface area contributed by atoms with Crippen molar-refractivity contribution in [1.82, 2.24) is 15.1 Å². The van der Waals surface area contributed by atoms with Gasteiger partial charge in [0.1, 0.15) is 5.75 Å². The molecule has 0 saturated heterocycles. The highest BCUT2D eigenvalue weighted by atomic mass is 79.9. The monoisotopic (exact) mass is 455 g/mol. The van der Waals surface area contributed by atoms with Crippen LogP contribution in [-0.4, -0.2) is 29.3 Å². The van der Waals surface area contributed by atoms with Crippen LogP contribution in [0.3, 0.4) is 0 Å². The smallest absolute Gasteiger partial charge is 0.270 e. The van der Waals surface area contributed by atoms with Gasteiger partial charge in [-0.3, -0.25) is 9.59 Å². The molecule has 2 aromatic carbocycles. The third kappa shape index (κ3) is 5.54. The highest BCUT2D eigenvalue weighted by Crippen LogP contribution is 2.15. The van der Waals surface area contributed by atoms with Crippen LogP contribution in [-0.2, 0) is 13.0 Å². The lowest BCUT2D eigenvalue weighted by atomic mass is 10.1. The number of aryl methyl sites for hydroxylation is 1. The Balaban J connectivity index is 1.69. The molecule has 0 saturated carbocycles. The zero-order valence-electron chi connectivity index (χ0n) is 16.3. The average molecular weight is 456 g/mol. The third-order valence-electron chi connectivity index (χ3n) is 4.41. The number of aromatic nitrogens is 2. The van der Waals surface area contributed by atoms with Crippen LogP contribution in [0.2, 0.25) is 0 Å². The molecule has 0 radical (unpaired) electrons. The van der Waals surface area contributed by atoms with Crippen molar-refractivity contribution in [3.63, 3.8) is 0 Å². The average Bonchev–Trinajstić information content (AvgIpc) is 2.71. The maximum Gasteiger partial charge on any atom is 0.270 e. The number of halogens is 1. The van der Waals surface area contributed by atoms with Crippen molar-refractivity contribution < 1.29 is 9.53 Å². The SMILES string of the molecule is COc1cccc(Cc2cc(C)nn(CCNC(=O)c3ccc(Br)cc3)c2=O)c1. The molecule has 1 aromatic heterocycles. The molecule has 7 heteroatoms. The van der Waals surface area contributed by atoms with E-state index in [9.17, 15) is 9.59 Å². The molecule has 0 atom stereocenters. The number of hydrogen-bond donors (Lipinski definition) is 1. The number of benzene rings is 2. The molecule has 0 aliphatic carbocycles. The summed E-state index contributed by atoms with van der Waals surface area (Å²) in [6, 6.07) is 16.5. The molecular weight excluding hydrogens is 434 g/mol. The molecule has 1 heterocycles. The van der Waals surface area contributed by atoms with Gasteiger partial charge >= 0.3 is 0 Å². The lowest BCUT2D eigenvalue weighted by molar-refractivity contribution is 0.0951. The van der Waals surface area contributed by atoms with E-state index in [1.54, 1.807) is 25.3 Å². The zero-order valence-corrected chi connectivity index (χ0v) is 17.9. The molecule has 6 nitrogen and oxygen atoms in total. The summed E-state index contributed by atoms with van der Waals surface area (Å²) in [5.74, 6) is 0.569. The molecule has 0 aliphatic rings. The Morgan fingerprint density at radius 3 is 2.66 bits per heavy atom. The zero-order chi connectivity index (χ0) is 20.8. The third-order valence-corrected chi connectivity index (χ3v) is 4.94. The Morgan fingerprint density at radius 1 is 1.17 bits per heavy atom. The first-order valence-corrected chi connectivity index (χ1v) is 10.00. The van der Waals surface area contributed by atoms with E-state index in [2.05, 4.69) is 26.3 Å². The van der Waals surface area contributed by atoms with Crippen LogP contribution in [0.25, 0.3) is 0 Å². The first-order chi connectivity index (χ1) is 14.0. The number of rotatable bonds is 7. The van der Waals surface area contributed by atoms with Crippen molar-refractivity contribution in [3.05, 3.63) is 91.8 Å². The van der Waals surface area contributed by atoms with E-state index >= 15 is 0 Å². The Morgan fingerprint density at radius 2 is 1.93 bits per heavy atom. The van der Waals surface area contributed by atoms with Gasteiger partial charge in [0, 0.05) is 28.6 Å². The first kappa shape index (κ1) is 20.8. The van der Waals surface area contributed by atoms with Gasteiger partial charge in [-0.2, -0.15) is 5.10 Å². The van der Waals surface area contributed by atoms with Gasteiger partial charge in [0.2, 0.25) is 0 Å². The number of amides is 1. The van der Waals surface area contributed by atoms with Gasteiger partial charge in [0.25, 0.3) is 11.5 Å². The van der Waals surface area contributed by atoms with E-state index in [1.807, 2.05) is 43.3 Å². The van der Waals surface area contributed by atoms with E-state index in [1.165, 1.54) is 4.68 Å². The molecule has 150 valence electrons. The Hall–Kier alpha value is -2.93. The number of hydrogen-bond acceptors (Lipinski definition) is 4. The number of ether oxygens (including phenoxy) is 1. The van der Waals surface area contributed by atoms with Crippen LogP contribution in [0.5, 0.6) is 5.75 Å². The Bertz CT molecular complexity index is 1060. The molecular formula is C22H22BrN3O3. The summed E-state index contributed by atoms with van der Waals surface area (Å²) >= 11 is 3.35. The van der Waals surface area contributed by atoms with E-state index < -0.39 is 0 Å².